The lowest BCUT2D eigenvalue weighted by Crippen LogP contribution is -2.55. The first-order chi connectivity index (χ1) is 16.7. The van der Waals surface area contributed by atoms with E-state index < -0.39 is 11.6 Å². The van der Waals surface area contributed by atoms with E-state index in [1.807, 2.05) is 32.9 Å². The van der Waals surface area contributed by atoms with Gasteiger partial charge in [0.1, 0.15) is 10.6 Å². The molecule has 3 rings (SSSR count). The lowest BCUT2D eigenvalue weighted by Gasteiger charge is -2.45. The van der Waals surface area contributed by atoms with E-state index in [1.54, 1.807) is 4.90 Å². The number of carboxylic acid groups (broad SMARTS) is 1. The molecule has 2 N–H and O–H groups in total. The highest BCUT2D eigenvalue weighted by Gasteiger charge is 2.37. The molecular weight excluding hydrogens is 476 g/mol. The maximum Gasteiger partial charge on any atom is 0.410 e. The van der Waals surface area contributed by atoms with Crippen LogP contribution in [0.4, 0.5) is 10.5 Å². The zero-order chi connectivity index (χ0) is 26.7. The van der Waals surface area contributed by atoms with Gasteiger partial charge in [-0.2, -0.15) is 0 Å². The second-order valence-corrected chi connectivity index (χ2v) is 12.4. The molecular formula is C27H42N4O4S. The predicted octanol–water partition coefficient (Wildman–Crippen LogP) is 3.97. The molecule has 0 aromatic heterocycles. The molecule has 2 fully saturated rings. The second-order valence-electron chi connectivity index (χ2n) is 11.9. The maximum atomic E-state index is 12.3. The van der Waals surface area contributed by atoms with Crippen LogP contribution in [0, 0.1) is 5.41 Å². The van der Waals surface area contributed by atoms with Crippen molar-refractivity contribution < 1.29 is 19.4 Å². The fourth-order valence-corrected chi connectivity index (χ4v) is 5.28. The number of aliphatic carboxylic acids is 1. The van der Waals surface area contributed by atoms with Crippen LogP contribution in [-0.2, 0) is 9.53 Å². The van der Waals surface area contributed by atoms with Crippen LogP contribution in [0.2, 0.25) is 0 Å². The van der Waals surface area contributed by atoms with Crippen LogP contribution < -0.4 is 10.2 Å². The summed E-state index contributed by atoms with van der Waals surface area (Å²) in [6, 6.07) is 8.65. The van der Waals surface area contributed by atoms with E-state index in [2.05, 4.69) is 48.0 Å². The Morgan fingerprint density at radius 2 is 1.64 bits per heavy atom. The van der Waals surface area contributed by atoms with E-state index in [4.69, 9.17) is 17.0 Å². The molecule has 0 aliphatic carbocycles. The summed E-state index contributed by atoms with van der Waals surface area (Å²) < 4.78 is 5.49. The van der Waals surface area contributed by atoms with Crippen molar-refractivity contribution in [2.24, 2.45) is 5.41 Å². The number of piperazine rings is 1. The zero-order valence-corrected chi connectivity index (χ0v) is 23.4. The molecule has 8 nitrogen and oxygen atoms in total. The van der Waals surface area contributed by atoms with E-state index >= 15 is 0 Å². The van der Waals surface area contributed by atoms with Crippen LogP contribution >= 0.6 is 12.2 Å². The number of hydrogen-bond donors (Lipinski definition) is 2. The highest BCUT2D eigenvalue weighted by Crippen LogP contribution is 2.32. The summed E-state index contributed by atoms with van der Waals surface area (Å²) in [4.78, 5) is 30.5. The Hall–Kier alpha value is -2.39. The molecule has 2 aliphatic heterocycles. The number of rotatable bonds is 5. The third kappa shape index (κ3) is 7.80. The van der Waals surface area contributed by atoms with Gasteiger partial charge >= 0.3 is 12.1 Å². The number of nitrogens with one attached hydrogen (secondary N) is 1. The van der Waals surface area contributed by atoms with E-state index in [-0.39, 0.29) is 30.1 Å². The third-order valence-electron chi connectivity index (χ3n) is 6.81. The molecule has 2 saturated heterocycles. The first kappa shape index (κ1) is 28.2. The molecule has 0 radical (unpaired) electrons. The number of benzene rings is 1. The molecule has 0 spiro atoms. The molecule has 2 heterocycles. The number of ether oxygens (including phenoxy) is 1. The van der Waals surface area contributed by atoms with Gasteiger partial charge in [0, 0.05) is 56.1 Å². The number of amides is 1. The van der Waals surface area contributed by atoms with Gasteiger partial charge in [-0.1, -0.05) is 33.0 Å². The largest absolute Gasteiger partial charge is 0.480 e. The van der Waals surface area contributed by atoms with Crippen LogP contribution in [-0.4, -0.2) is 88.9 Å². The summed E-state index contributed by atoms with van der Waals surface area (Å²) in [5.41, 5.74) is 1.58. The molecule has 200 valence electrons. The van der Waals surface area contributed by atoms with Crippen LogP contribution in [0.25, 0.3) is 0 Å². The standard InChI is InChI=1S/C27H42N4O4S/c1-26(2,3)22-17-20(11-12-31(22)18-23(32)33)28-24(36)19-7-9-21(10-8-19)29-13-15-30(16-14-29)25(34)35-27(4,5)6/h7-10,20,22H,11-18H2,1-6H3,(H,28,36)(H,32,33). The van der Waals surface area contributed by atoms with Gasteiger partial charge in [-0.05, 0) is 63.3 Å². The van der Waals surface area contributed by atoms with E-state index in [0.717, 1.165) is 48.7 Å². The van der Waals surface area contributed by atoms with Crippen molar-refractivity contribution in [3.8, 4) is 0 Å². The van der Waals surface area contributed by atoms with Gasteiger partial charge in [-0.3, -0.25) is 9.69 Å². The van der Waals surface area contributed by atoms with Gasteiger partial charge in [0.15, 0.2) is 0 Å². The number of piperidine rings is 1. The van der Waals surface area contributed by atoms with Crippen molar-refractivity contribution in [2.75, 3.05) is 44.2 Å². The first-order valence-electron chi connectivity index (χ1n) is 12.8. The normalized spacial score (nSPS) is 21.7. The quantitative estimate of drug-likeness (QED) is 0.567. The van der Waals surface area contributed by atoms with Gasteiger partial charge in [-0.25, -0.2) is 4.79 Å². The van der Waals surface area contributed by atoms with Crippen molar-refractivity contribution in [1.29, 1.82) is 0 Å². The van der Waals surface area contributed by atoms with E-state index in [1.165, 1.54) is 0 Å². The number of carbonyl (C=O) groups is 2. The van der Waals surface area contributed by atoms with Gasteiger partial charge in [0.05, 0.1) is 6.54 Å². The van der Waals surface area contributed by atoms with Crippen LogP contribution in [0.5, 0.6) is 0 Å². The first-order valence-corrected chi connectivity index (χ1v) is 13.2. The Morgan fingerprint density at radius 1 is 1.03 bits per heavy atom. The Bertz CT molecular complexity index is 931. The topological polar surface area (TPSA) is 85.4 Å². The highest BCUT2D eigenvalue weighted by molar-refractivity contribution is 7.80. The molecule has 1 amide bonds. The van der Waals surface area contributed by atoms with E-state index in [0.29, 0.717) is 13.1 Å². The fourth-order valence-electron chi connectivity index (χ4n) is 4.98. The average molecular weight is 519 g/mol. The molecule has 0 bridgehead atoms. The number of thiocarbonyl (C=S) groups is 1. The summed E-state index contributed by atoms with van der Waals surface area (Å²) in [7, 11) is 0. The second kappa shape index (κ2) is 11.3. The minimum absolute atomic E-state index is 0.0213. The summed E-state index contributed by atoms with van der Waals surface area (Å²) in [6.45, 7) is 15.7. The minimum Gasteiger partial charge on any atom is -0.480 e. The molecule has 2 aliphatic rings. The summed E-state index contributed by atoms with van der Waals surface area (Å²) in [5, 5.41) is 12.8. The van der Waals surface area contributed by atoms with Crippen LogP contribution in [0.1, 0.15) is 59.9 Å². The summed E-state index contributed by atoms with van der Waals surface area (Å²) in [6.07, 6.45) is 1.47. The molecule has 1 aromatic rings. The Kier molecular flexibility index (Phi) is 8.88. The Balaban J connectivity index is 1.54. The van der Waals surface area contributed by atoms with Crippen LogP contribution in [0.3, 0.4) is 0 Å². The van der Waals surface area contributed by atoms with Gasteiger partial charge < -0.3 is 25.0 Å². The molecule has 1 aromatic carbocycles. The fraction of sp³-hybridized carbons (Fsp3) is 0.667. The molecule has 36 heavy (non-hydrogen) atoms. The summed E-state index contributed by atoms with van der Waals surface area (Å²) >= 11 is 5.73. The summed E-state index contributed by atoms with van der Waals surface area (Å²) in [5.74, 6) is -0.780. The average Bonchev–Trinajstić information content (AvgIpc) is 2.78. The lowest BCUT2D eigenvalue weighted by atomic mass is 9.79. The molecule has 9 heteroatoms. The number of nitrogens with zero attached hydrogens (tertiary/aromatic N) is 3. The van der Waals surface area contributed by atoms with Gasteiger partial charge in [-0.15, -0.1) is 0 Å². The number of hydrogen-bond acceptors (Lipinski definition) is 6. The third-order valence-corrected chi connectivity index (χ3v) is 7.17. The van der Waals surface area contributed by atoms with Crippen molar-refractivity contribution >= 4 is 35.0 Å². The van der Waals surface area contributed by atoms with Crippen molar-refractivity contribution in [3.05, 3.63) is 29.8 Å². The molecule has 2 unspecified atom stereocenters. The smallest absolute Gasteiger partial charge is 0.410 e. The number of carbonyl (C=O) groups excluding carboxylic acids is 1. The predicted molar refractivity (Wildman–Crippen MR) is 147 cm³/mol. The monoisotopic (exact) mass is 518 g/mol. The Morgan fingerprint density at radius 3 is 2.17 bits per heavy atom. The van der Waals surface area contributed by atoms with Crippen LogP contribution in [0.15, 0.2) is 24.3 Å². The SMILES string of the molecule is CC(C)(C)OC(=O)N1CCN(c2ccc(C(=S)NC3CCN(CC(=O)O)C(C(C)(C)C)C3)cc2)CC1. The molecule has 2 atom stereocenters. The number of likely N-dealkylation sites (tertiary alicyclic amines) is 1. The van der Waals surface area contributed by atoms with Crippen molar-refractivity contribution in [2.45, 2.75) is 72.1 Å². The van der Waals surface area contributed by atoms with Crippen molar-refractivity contribution in [3.63, 3.8) is 0 Å². The highest BCUT2D eigenvalue weighted by atomic mass is 32.1. The number of anilines is 1. The van der Waals surface area contributed by atoms with Gasteiger partial charge in [0.25, 0.3) is 0 Å². The Labute approximate surface area is 221 Å². The van der Waals surface area contributed by atoms with E-state index in [9.17, 15) is 14.7 Å². The zero-order valence-electron chi connectivity index (χ0n) is 22.5. The van der Waals surface area contributed by atoms with Gasteiger partial charge in [0.2, 0.25) is 0 Å². The number of carboxylic acids is 1. The maximum absolute atomic E-state index is 12.3. The minimum atomic E-state index is -0.780. The lowest BCUT2D eigenvalue weighted by molar-refractivity contribution is -0.140. The molecule has 0 saturated carbocycles. The van der Waals surface area contributed by atoms with Crippen molar-refractivity contribution in [1.82, 2.24) is 15.1 Å².